The molecule has 1 aliphatic rings. The third-order valence-corrected chi connectivity index (χ3v) is 2.46. The lowest BCUT2D eigenvalue weighted by atomic mass is 10.7. The average Bonchev–Trinajstić information content (AvgIpc) is 1.90. The SMILES string of the molecule is O=[SH](=O)N1C=CSCC1. The lowest BCUT2D eigenvalue weighted by molar-refractivity contribution is 0.535. The van der Waals surface area contributed by atoms with Gasteiger partial charge in [0.05, 0.1) is 0 Å². The van der Waals surface area contributed by atoms with Crippen molar-refractivity contribution >= 4 is 22.7 Å². The molecule has 5 heteroatoms. The fraction of sp³-hybridized carbons (Fsp3) is 0.500. The van der Waals surface area contributed by atoms with Crippen LogP contribution in [0.4, 0.5) is 0 Å². The Labute approximate surface area is 59.8 Å². The van der Waals surface area contributed by atoms with Gasteiger partial charge in [-0.3, -0.25) is 4.31 Å². The molecule has 0 amide bonds. The fourth-order valence-corrected chi connectivity index (χ4v) is 1.87. The monoisotopic (exact) mass is 165 g/mol. The van der Waals surface area contributed by atoms with E-state index in [0.717, 1.165) is 5.75 Å². The fourth-order valence-electron chi connectivity index (χ4n) is 0.538. The van der Waals surface area contributed by atoms with Crippen molar-refractivity contribution in [2.24, 2.45) is 0 Å². The molecule has 0 fully saturated rings. The molecule has 0 unspecified atom stereocenters. The predicted molar refractivity (Wildman–Crippen MR) is 38.6 cm³/mol. The van der Waals surface area contributed by atoms with Crippen molar-refractivity contribution in [2.75, 3.05) is 12.3 Å². The second-order valence-electron chi connectivity index (χ2n) is 1.56. The van der Waals surface area contributed by atoms with Crippen molar-refractivity contribution in [2.45, 2.75) is 0 Å². The smallest absolute Gasteiger partial charge is 0.224 e. The van der Waals surface area contributed by atoms with Crippen molar-refractivity contribution in [3.8, 4) is 0 Å². The maximum Gasteiger partial charge on any atom is 0.224 e. The average molecular weight is 165 g/mol. The number of nitrogens with zero attached hydrogens (tertiary/aromatic N) is 1. The lowest BCUT2D eigenvalue weighted by Crippen LogP contribution is -2.19. The summed E-state index contributed by atoms with van der Waals surface area (Å²) in [6.45, 7) is 0.611. The van der Waals surface area contributed by atoms with Crippen LogP contribution in [-0.4, -0.2) is 25.0 Å². The summed E-state index contributed by atoms with van der Waals surface area (Å²) in [5.74, 6) is 0.861. The third kappa shape index (κ3) is 1.91. The van der Waals surface area contributed by atoms with Gasteiger partial charge in [0.15, 0.2) is 0 Å². The van der Waals surface area contributed by atoms with Crippen molar-refractivity contribution in [3.05, 3.63) is 11.6 Å². The molecule has 3 nitrogen and oxygen atoms in total. The van der Waals surface area contributed by atoms with Gasteiger partial charge in [-0.2, -0.15) is 0 Å². The van der Waals surface area contributed by atoms with E-state index < -0.39 is 10.9 Å². The van der Waals surface area contributed by atoms with Gasteiger partial charge in [-0.25, -0.2) is 8.42 Å². The first-order valence-corrected chi connectivity index (χ1v) is 4.68. The first kappa shape index (κ1) is 6.95. The number of thioether (sulfide) groups is 1. The van der Waals surface area contributed by atoms with E-state index >= 15 is 0 Å². The molecule has 0 aromatic carbocycles. The van der Waals surface area contributed by atoms with E-state index in [2.05, 4.69) is 0 Å². The van der Waals surface area contributed by atoms with Crippen molar-refractivity contribution < 1.29 is 8.42 Å². The highest BCUT2D eigenvalue weighted by Gasteiger charge is 2.03. The van der Waals surface area contributed by atoms with Crippen LogP contribution in [0, 0.1) is 0 Å². The molecule has 0 saturated heterocycles. The van der Waals surface area contributed by atoms with Crippen molar-refractivity contribution in [1.29, 1.82) is 0 Å². The molecule has 9 heavy (non-hydrogen) atoms. The summed E-state index contributed by atoms with van der Waals surface area (Å²) in [6.07, 6.45) is 1.58. The van der Waals surface area contributed by atoms with Gasteiger partial charge < -0.3 is 0 Å². The summed E-state index contributed by atoms with van der Waals surface area (Å²) >= 11 is 1.63. The molecule has 0 spiro atoms. The molecule has 1 aliphatic heterocycles. The Bertz CT molecular complexity index is 179. The van der Waals surface area contributed by atoms with Gasteiger partial charge in [-0.05, 0) is 5.41 Å². The summed E-state index contributed by atoms with van der Waals surface area (Å²) in [7, 11) is -2.39. The van der Waals surface area contributed by atoms with E-state index in [1.54, 1.807) is 23.4 Å². The Morgan fingerprint density at radius 1 is 1.56 bits per heavy atom. The first-order valence-electron chi connectivity index (χ1n) is 2.50. The molecule has 0 bridgehead atoms. The molecule has 0 N–H and O–H groups in total. The summed E-state index contributed by atoms with van der Waals surface area (Å²) in [5.41, 5.74) is 0. The summed E-state index contributed by atoms with van der Waals surface area (Å²) in [5, 5.41) is 1.79. The minimum absolute atomic E-state index is 0.611. The van der Waals surface area contributed by atoms with Gasteiger partial charge in [0.1, 0.15) is 0 Å². The molecule has 0 saturated carbocycles. The summed E-state index contributed by atoms with van der Waals surface area (Å²) < 4.78 is 21.8. The molecular formula is C4H7NO2S2. The normalized spacial score (nSPS) is 19.0. The van der Waals surface area contributed by atoms with E-state index in [-0.39, 0.29) is 0 Å². The highest BCUT2D eigenvalue weighted by atomic mass is 32.2. The van der Waals surface area contributed by atoms with Gasteiger partial charge in [0.25, 0.3) is 0 Å². The largest absolute Gasteiger partial charge is 0.278 e. The first-order chi connectivity index (χ1) is 4.30. The van der Waals surface area contributed by atoms with E-state index in [1.165, 1.54) is 4.31 Å². The van der Waals surface area contributed by atoms with Crippen molar-refractivity contribution in [1.82, 2.24) is 4.31 Å². The van der Waals surface area contributed by atoms with E-state index in [4.69, 9.17) is 0 Å². The summed E-state index contributed by atoms with van der Waals surface area (Å²) in [4.78, 5) is 0. The topological polar surface area (TPSA) is 37.4 Å². The van der Waals surface area contributed by atoms with Crippen LogP contribution in [-0.2, 0) is 10.9 Å². The highest BCUT2D eigenvalue weighted by molar-refractivity contribution is 8.02. The van der Waals surface area contributed by atoms with Crippen LogP contribution in [0.3, 0.4) is 0 Å². The zero-order valence-corrected chi connectivity index (χ0v) is 6.40. The Balaban J connectivity index is 2.60. The Kier molecular flexibility index (Phi) is 2.41. The van der Waals surface area contributed by atoms with Crippen LogP contribution in [0.25, 0.3) is 0 Å². The third-order valence-electron chi connectivity index (χ3n) is 0.977. The van der Waals surface area contributed by atoms with Gasteiger partial charge >= 0.3 is 0 Å². The van der Waals surface area contributed by atoms with Crippen LogP contribution < -0.4 is 0 Å². The Hall–Kier alpha value is -0.160. The molecular weight excluding hydrogens is 158 g/mol. The standard InChI is InChI=1S/C4H7NO2S2/c6-9(7)5-1-3-8-4-2-5/h1,3,9H,2,4H2. The van der Waals surface area contributed by atoms with Gasteiger partial charge in [-0.1, -0.05) is 0 Å². The van der Waals surface area contributed by atoms with Gasteiger partial charge in [-0.15, -0.1) is 11.8 Å². The molecule has 1 heterocycles. The van der Waals surface area contributed by atoms with E-state index in [9.17, 15) is 8.42 Å². The molecule has 52 valence electrons. The van der Waals surface area contributed by atoms with Crippen molar-refractivity contribution in [3.63, 3.8) is 0 Å². The molecule has 0 atom stereocenters. The molecule has 1 rings (SSSR count). The number of thiol groups is 1. The minimum Gasteiger partial charge on any atom is -0.278 e. The second-order valence-corrected chi connectivity index (χ2v) is 3.56. The van der Waals surface area contributed by atoms with Crippen LogP contribution in [0.5, 0.6) is 0 Å². The highest BCUT2D eigenvalue weighted by Crippen LogP contribution is 2.09. The van der Waals surface area contributed by atoms with Crippen LogP contribution >= 0.6 is 11.8 Å². The van der Waals surface area contributed by atoms with E-state index in [1.807, 2.05) is 0 Å². The molecule has 0 radical (unpaired) electrons. The maximum atomic E-state index is 10.3. The zero-order chi connectivity index (χ0) is 6.69. The van der Waals surface area contributed by atoms with E-state index in [0.29, 0.717) is 6.54 Å². The number of rotatable bonds is 1. The molecule has 0 aliphatic carbocycles. The van der Waals surface area contributed by atoms with Gasteiger partial charge in [0, 0.05) is 18.5 Å². The minimum atomic E-state index is -2.39. The second kappa shape index (κ2) is 3.12. The zero-order valence-electron chi connectivity index (χ0n) is 4.69. The number of hydrogen-bond donors (Lipinski definition) is 1. The molecule has 0 aromatic heterocycles. The Morgan fingerprint density at radius 3 is 2.67 bits per heavy atom. The summed E-state index contributed by atoms with van der Waals surface area (Å²) in [6, 6.07) is 0. The van der Waals surface area contributed by atoms with Crippen LogP contribution in [0.2, 0.25) is 0 Å². The molecule has 0 aromatic rings. The van der Waals surface area contributed by atoms with Crippen LogP contribution in [0.1, 0.15) is 0 Å². The Morgan fingerprint density at radius 2 is 2.33 bits per heavy atom. The number of hydrogen-bond acceptors (Lipinski definition) is 3. The van der Waals surface area contributed by atoms with Gasteiger partial charge in [0.2, 0.25) is 10.9 Å². The quantitative estimate of drug-likeness (QED) is 0.557. The lowest BCUT2D eigenvalue weighted by Gasteiger charge is -2.14. The predicted octanol–water partition coefficient (Wildman–Crippen LogP) is 0.0328. The van der Waals surface area contributed by atoms with Crippen LogP contribution in [0.15, 0.2) is 11.6 Å². The maximum absolute atomic E-state index is 10.3.